The van der Waals surface area contributed by atoms with Crippen LogP contribution in [0.25, 0.3) is 0 Å². The molecule has 1 unspecified atom stereocenters. The molecule has 1 N–H and O–H groups in total. The third-order valence-electron chi connectivity index (χ3n) is 2.94. The Kier molecular flexibility index (Phi) is 6.36. The summed E-state index contributed by atoms with van der Waals surface area (Å²) in [4.78, 5) is 3.70. The van der Waals surface area contributed by atoms with Crippen LogP contribution in [0.1, 0.15) is 31.2 Å². The van der Waals surface area contributed by atoms with Crippen molar-refractivity contribution in [3.63, 3.8) is 0 Å². The van der Waals surface area contributed by atoms with Crippen molar-refractivity contribution in [2.75, 3.05) is 26.7 Å². The van der Waals surface area contributed by atoms with E-state index in [1.807, 2.05) is 13.1 Å². The van der Waals surface area contributed by atoms with Gasteiger partial charge in [-0.2, -0.15) is 0 Å². The Hall–Kier alpha value is -0.0900. The minimum Gasteiger partial charge on any atom is -0.312 e. The maximum absolute atomic E-state index is 6.15. The van der Waals surface area contributed by atoms with Crippen LogP contribution in [0.4, 0.5) is 0 Å². The van der Waals surface area contributed by atoms with Crippen molar-refractivity contribution in [3.05, 3.63) is 21.3 Å². The second-order valence-corrected chi connectivity index (χ2v) is 5.14. The van der Waals surface area contributed by atoms with Crippen LogP contribution in [-0.4, -0.2) is 31.6 Å². The minimum atomic E-state index is 0.382. The van der Waals surface area contributed by atoms with Gasteiger partial charge in [-0.3, -0.25) is 0 Å². The van der Waals surface area contributed by atoms with Gasteiger partial charge in [0.05, 0.1) is 5.02 Å². The van der Waals surface area contributed by atoms with E-state index in [0.717, 1.165) is 31.1 Å². The van der Waals surface area contributed by atoms with Crippen molar-refractivity contribution < 1.29 is 0 Å². The van der Waals surface area contributed by atoms with E-state index in [2.05, 4.69) is 29.4 Å². The van der Waals surface area contributed by atoms with E-state index >= 15 is 0 Å². The highest BCUT2D eigenvalue weighted by Gasteiger charge is 2.14. The van der Waals surface area contributed by atoms with Crippen molar-refractivity contribution in [1.29, 1.82) is 0 Å². The molecule has 0 saturated carbocycles. The van der Waals surface area contributed by atoms with E-state index in [4.69, 9.17) is 11.6 Å². The molecule has 92 valence electrons. The van der Waals surface area contributed by atoms with Gasteiger partial charge >= 0.3 is 0 Å². The Bertz CT molecular complexity index is 297. The maximum atomic E-state index is 6.15. The van der Waals surface area contributed by atoms with E-state index in [0.29, 0.717) is 6.04 Å². The number of halogens is 1. The Morgan fingerprint density at radius 3 is 2.56 bits per heavy atom. The average Bonchev–Trinajstić information content (AvgIpc) is 2.71. The number of hydrogen-bond donors (Lipinski definition) is 1. The van der Waals surface area contributed by atoms with Crippen LogP contribution in [-0.2, 0) is 0 Å². The summed E-state index contributed by atoms with van der Waals surface area (Å²) in [6.07, 6.45) is 1.11. The van der Waals surface area contributed by atoms with Crippen LogP contribution in [0, 0.1) is 0 Å². The first-order valence-electron chi connectivity index (χ1n) is 5.85. The number of nitrogens with zero attached hydrogens (tertiary/aromatic N) is 1. The lowest BCUT2D eigenvalue weighted by molar-refractivity contribution is 0.285. The van der Waals surface area contributed by atoms with Gasteiger partial charge in [-0.15, -0.1) is 11.3 Å². The second kappa shape index (κ2) is 7.28. The van der Waals surface area contributed by atoms with Gasteiger partial charge in [0, 0.05) is 10.9 Å². The molecule has 1 atom stereocenters. The highest BCUT2D eigenvalue weighted by atomic mass is 35.5. The zero-order chi connectivity index (χ0) is 12.0. The van der Waals surface area contributed by atoms with E-state index in [1.54, 1.807) is 11.3 Å². The lowest BCUT2D eigenvalue weighted by atomic mass is 10.1. The standard InChI is InChI=1S/C12H21ClN2S/c1-4-15(5-2)8-6-11(14-3)12-10(13)7-9-16-12/h7,9,11,14H,4-6,8H2,1-3H3. The SMILES string of the molecule is CCN(CC)CCC(NC)c1sccc1Cl. The first-order chi connectivity index (χ1) is 7.72. The van der Waals surface area contributed by atoms with E-state index in [9.17, 15) is 0 Å². The van der Waals surface area contributed by atoms with Gasteiger partial charge in [0.1, 0.15) is 0 Å². The lowest BCUT2D eigenvalue weighted by Gasteiger charge is -2.22. The van der Waals surface area contributed by atoms with Crippen LogP contribution < -0.4 is 5.32 Å². The maximum Gasteiger partial charge on any atom is 0.0561 e. The molecule has 16 heavy (non-hydrogen) atoms. The molecule has 0 aromatic carbocycles. The predicted octanol–water partition coefficient (Wildman–Crippen LogP) is 3.39. The van der Waals surface area contributed by atoms with Crippen LogP contribution in [0.2, 0.25) is 5.02 Å². The summed E-state index contributed by atoms with van der Waals surface area (Å²) in [5.74, 6) is 0. The fraction of sp³-hybridized carbons (Fsp3) is 0.667. The zero-order valence-electron chi connectivity index (χ0n) is 10.3. The van der Waals surface area contributed by atoms with E-state index in [1.165, 1.54) is 4.88 Å². The summed E-state index contributed by atoms with van der Waals surface area (Å²) >= 11 is 7.89. The van der Waals surface area contributed by atoms with Crippen LogP contribution in [0.5, 0.6) is 0 Å². The predicted molar refractivity (Wildman–Crippen MR) is 73.5 cm³/mol. The topological polar surface area (TPSA) is 15.3 Å². The van der Waals surface area contributed by atoms with Gasteiger partial charge in [-0.25, -0.2) is 0 Å². The Balaban J connectivity index is 2.53. The van der Waals surface area contributed by atoms with Crippen molar-refractivity contribution >= 4 is 22.9 Å². The van der Waals surface area contributed by atoms with Gasteiger partial charge < -0.3 is 10.2 Å². The molecule has 0 saturated heterocycles. The van der Waals surface area contributed by atoms with Gasteiger partial charge in [0.15, 0.2) is 0 Å². The molecule has 0 aliphatic heterocycles. The smallest absolute Gasteiger partial charge is 0.0561 e. The molecule has 4 heteroatoms. The molecule has 0 aliphatic rings. The van der Waals surface area contributed by atoms with Gasteiger partial charge in [0.2, 0.25) is 0 Å². The molecular formula is C12H21ClN2S. The lowest BCUT2D eigenvalue weighted by Crippen LogP contribution is -2.28. The molecule has 0 fully saturated rings. The fourth-order valence-electron chi connectivity index (χ4n) is 1.81. The largest absolute Gasteiger partial charge is 0.312 e. The number of thiophene rings is 1. The first kappa shape index (κ1) is 14.0. The minimum absolute atomic E-state index is 0.382. The molecule has 0 radical (unpaired) electrons. The highest BCUT2D eigenvalue weighted by molar-refractivity contribution is 7.10. The van der Waals surface area contributed by atoms with Crippen molar-refractivity contribution in [2.45, 2.75) is 26.3 Å². The third kappa shape index (κ3) is 3.74. The Morgan fingerprint density at radius 2 is 2.12 bits per heavy atom. The first-order valence-corrected chi connectivity index (χ1v) is 7.11. The fourth-order valence-corrected chi connectivity index (χ4v) is 3.15. The van der Waals surface area contributed by atoms with E-state index < -0.39 is 0 Å². The molecule has 1 rings (SSSR count). The zero-order valence-corrected chi connectivity index (χ0v) is 11.9. The van der Waals surface area contributed by atoms with Crippen molar-refractivity contribution in [3.8, 4) is 0 Å². The average molecular weight is 261 g/mol. The molecule has 0 amide bonds. The third-order valence-corrected chi connectivity index (χ3v) is 4.41. The number of hydrogen-bond acceptors (Lipinski definition) is 3. The van der Waals surface area contributed by atoms with Gasteiger partial charge in [0.25, 0.3) is 0 Å². The highest BCUT2D eigenvalue weighted by Crippen LogP contribution is 2.30. The Morgan fingerprint density at radius 1 is 1.44 bits per heavy atom. The molecule has 0 bridgehead atoms. The summed E-state index contributed by atoms with van der Waals surface area (Å²) in [5, 5.41) is 6.30. The molecule has 1 aromatic rings. The quantitative estimate of drug-likeness (QED) is 0.809. The molecule has 0 aliphatic carbocycles. The molecule has 0 spiro atoms. The molecule has 2 nitrogen and oxygen atoms in total. The Labute approximate surface area is 108 Å². The van der Waals surface area contributed by atoms with Crippen molar-refractivity contribution in [2.24, 2.45) is 0 Å². The summed E-state index contributed by atoms with van der Waals surface area (Å²) in [6.45, 7) is 7.76. The summed E-state index contributed by atoms with van der Waals surface area (Å²) in [5.41, 5.74) is 0. The van der Waals surface area contributed by atoms with Crippen LogP contribution in [0.15, 0.2) is 11.4 Å². The number of rotatable bonds is 7. The summed E-state index contributed by atoms with van der Waals surface area (Å²) in [6, 6.07) is 2.36. The molecule has 1 aromatic heterocycles. The van der Waals surface area contributed by atoms with Crippen LogP contribution >= 0.6 is 22.9 Å². The monoisotopic (exact) mass is 260 g/mol. The second-order valence-electron chi connectivity index (χ2n) is 3.79. The normalized spacial score (nSPS) is 13.3. The molecular weight excluding hydrogens is 240 g/mol. The summed E-state index contributed by atoms with van der Waals surface area (Å²) in [7, 11) is 2.00. The summed E-state index contributed by atoms with van der Waals surface area (Å²) < 4.78 is 0. The van der Waals surface area contributed by atoms with Crippen LogP contribution in [0.3, 0.4) is 0 Å². The molecule has 1 heterocycles. The van der Waals surface area contributed by atoms with Gasteiger partial charge in [-0.1, -0.05) is 25.4 Å². The van der Waals surface area contributed by atoms with Crippen molar-refractivity contribution in [1.82, 2.24) is 10.2 Å². The van der Waals surface area contributed by atoms with E-state index in [-0.39, 0.29) is 0 Å². The number of nitrogens with one attached hydrogen (secondary N) is 1. The van der Waals surface area contributed by atoms with Gasteiger partial charge in [-0.05, 0) is 44.5 Å².